The van der Waals surface area contributed by atoms with Gasteiger partial charge in [-0.1, -0.05) is 17.7 Å². The standard InChI is InChI=1S/C14H16N2O2S/c1-11-7-9-14(10-8-11)19(17,18)15-16-12(2)5-4-6-13(16)3/h4-10H,1-3H3. The summed E-state index contributed by atoms with van der Waals surface area (Å²) >= 11 is 0. The molecule has 0 saturated heterocycles. The van der Waals surface area contributed by atoms with Gasteiger partial charge in [-0.15, -0.1) is 0 Å². The van der Waals surface area contributed by atoms with Gasteiger partial charge >= 0.3 is 0 Å². The van der Waals surface area contributed by atoms with Crippen LogP contribution in [-0.4, -0.2) is 8.42 Å². The molecule has 0 N–H and O–H groups in total. The van der Waals surface area contributed by atoms with Crippen LogP contribution in [0.15, 0.2) is 47.4 Å². The van der Waals surface area contributed by atoms with Crippen molar-refractivity contribution in [2.75, 3.05) is 0 Å². The van der Waals surface area contributed by atoms with E-state index in [2.05, 4.69) is 4.83 Å². The SMILES string of the molecule is Cc1ccc(S(=O)(=O)[N-][n+]2c(C)cccc2C)cc1. The first-order valence-electron chi connectivity index (χ1n) is 5.93. The molecule has 0 saturated carbocycles. The van der Waals surface area contributed by atoms with Gasteiger partial charge in [0.05, 0.1) is 4.90 Å². The van der Waals surface area contributed by atoms with Crippen molar-refractivity contribution in [1.29, 1.82) is 0 Å². The molecule has 5 heteroatoms. The van der Waals surface area contributed by atoms with Crippen LogP contribution in [0.5, 0.6) is 0 Å². The highest BCUT2D eigenvalue weighted by atomic mass is 32.2. The summed E-state index contributed by atoms with van der Waals surface area (Å²) in [5.74, 6) is 0. The van der Waals surface area contributed by atoms with Crippen molar-refractivity contribution in [3.8, 4) is 0 Å². The lowest BCUT2D eigenvalue weighted by Crippen LogP contribution is -2.38. The minimum atomic E-state index is -3.69. The molecule has 1 aromatic carbocycles. The Balaban J connectivity index is 2.39. The second kappa shape index (κ2) is 5.01. The molecule has 0 radical (unpaired) electrons. The molecule has 100 valence electrons. The van der Waals surface area contributed by atoms with E-state index in [-0.39, 0.29) is 4.90 Å². The van der Waals surface area contributed by atoms with Crippen LogP contribution < -0.4 is 4.68 Å². The van der Waals surface area contributed by atoms with Crippen molar-refractivity contribution < 1.29 is 13.1 Å². The van der Waals surface area contributed by atoms with Gasteiger partial charge in [-0.3, -0.25) is 0 Å². The Morgan fingerprint density at radius 2 is 1.42 bits per heavy atom. The van der Waals surface area contributed by atoms with Crippen LogP contribution in [0, 0.1) is 20.8 Å². The molecule has 0 aliphatic rings. The van der Waals surface area contributed by atoms with Crippen molar-refractivity contribution in [1.82, 2.24) is 0 Å². The first-order chi connectivity index (χ1) is 8.90. The zero-order valence-electron chi connectivity index (χ0n) is 11.2. The van der Waals surface area contributed by atoms with Crippen LogP contribution in [0.25, 0.3) is 4.83 Å². The lowest BCUT2D eigenvalue weighted by Gasteiger charge is -2.17. The van der Waals surface area contributed by atoms with Gasteiger partial charge in [0.2, 0.25) is 0 Å². The summed E-state index contributed by atoms with van der Waals surface area (Å²) in [7, 11) is -3.69. The van der Waals surface area contributed by atoms with Gasteiger partial charge in [-0.2, -0.15) is 0 Å². The molecule has 0 aliphatic heterocycles. The van der Waals surface area contributed by atoms with E-state index in [4.69, 9.17) is 0 Å². The van der Waals surface area contributed by atoms with Gasteiger partial charge in [-0.25, -0.2) is 13.1 Å². The summed E-state index contributed by atoms with van der Waals surface area (Å²) in [6.45, 7) is 5.55. The molecule has 0 atom stereocenters. The fraction of sp³-hybridized carbons (Fsp3) is 0.214. The van der Waals surface area contributed by atoms with E-state index in [1.165, 1.54) is 4.68 Å². The van der Waals surface area contributed by atoms with Crippen molar-refractivity contribution in [2.24, 2.45) is 0 Å². The Bertz CT molecular complexity index is 672. The van der Waals surface area contributed by atoms with E-state index in [0.29, 0.717) is 0 Å². The molecule has 1 heterocycles. The van der Waals surface area contributed by atoms with Gasteiger partial charge in [0.15, 0.2) is 21.4 Å². The maximum atomic E-state index is 12.2. The molecule has 4 nitrogen and oxygen atoms in total. The number of aryl methyl sites for hydroxylation is 3. The van der Waals surface area contributed by atoms with Crippen LogP contribution in [0.4, 0.5) is 0 Å². The third-order valence-corrected chi connectivity index (χ3v) is 4.10. The van der Waals surface area contributed by atoms with Crippen LogP contribution in [0.1, 0.15) is 17.0 Å². The fourth-order valence-corrected chi connectivity index (χ4v) is 2.79. The average Bonchev–Trinajstić information content (AvgIpc) is 2.35. The lowest BCUT2D eigenvalue weighted by atomic mass is 10.2. The quantitative estimate of drug-likeness (QED) is 0.808. The second-order valence-electron chi connectivity index (χ2n) is 4.49. The van der Waals surface area contributed by atoms with E-state index >= 15 is 0 Å². The Morgan fingerprint density at radius 3 is 1.95 bits per heavy atom. The van der Waals surface area contributed by atoms with E-state index < -0.39 is 10.0 Å². The number of hydrogen-bond donors (Lipinski definition) is 0. The third kappa shape index (κ3) is 2.93. The maximum absolute atomic E-state index is 12.2. The van der Waals surface area contributed by atoms with Gasteiger partial charge in [0.25, 0.3) is 0 Å². The van der Waals surface area contributed by atoms with Crippen LogP contribution in [-0.2, 0) is 10.0 Å². The molecule has 0 unspecified atom stereocenters. The fourth-order valence-electron chi connectivity index (χ4n) is 1.74. The molecular formula is C14H16N2O2S. The summed E-state index contributed by atoms with van der Waals surface area (Å²) in [6.07, 6.45) is 0. The van der Waals surface area contributed by atoms with Crippen LogP contribution >= 0.6 is 0 Å². The number of nitrogens with zero attached hydrogens (tertiary/aromatic N) is 2. The summed E-state index contributed by atoms with van der Waals surface area (Å²) in [6, 6.07) is 12.2. The Morgan fingerprint density at radius 1 is 0.895 bits per heavy atom. The highest BCUT2D eigenvalue weighted by Crippen LogP contribution is 2.16. The third-order valence-electron chi connectivity index (χ3n) is 2.85. The largest absolute Gasteiger partial charge is 0.318 e. The molecule has 2 aromatic rings. The van der Waals surface area contributed by atoms with Crippen molar-refractivity contribution in [3.63, 3.8) is 0 Å². The van der Waals surface area contributed by atoms with E-state index in [1.807, 2.05) is 39.0 Å². The predicted octanol–water partition coefficient (Wildman–Crippen LogP) is 2.43. The zero-order valence-corrected chi connectivity index (χ0v) is 12.0. The molecule has 0 aliphatic carbocycles. The zero-order chi connectivity index (χ0) is 14.0. The summed E-state index contributed by atoms with van der Waals surface area (Å²) in [4.78, 5) is 4.08. The van der Waals surface area contributed by atoms with E-state index in [1.54, 1.807) is 24.3 Å². The summed E-state index contributed by atoms with van der Waals surface area (Å²) in [5, 5.41) is 0. The number of benzene rings is 1. The monoisotopic (exact) mass is 276 g/mol. The second-order valence-corrected chi connectivity index (χ2v) is 6.07. The summed E-state index contributed by atoms with van der Waals surface area (Å²) in [5.41, 5.74) is 2.56. The number of rotatable bonds is 3. The van der Waals surface area contributed by atoms with Gasteiger partial charge < -0.3 is 4.83 Å². The average molecular weight is 276 g/mol. The number of pyridine rings is 1. The van der Waals surface area contributed by atoms with E-state index in [0.717, 1.165) is 17.0 Å². The lowest BCUT2D eigenvalue weighted by molar-refractivity contribution is -0.627. The number of hydrogen-bond acceptors (Lipinski definition) is 2. The molecule has 19 heavy (non-hydrogen) atoms. The Hall–Kier alpha value is -1.88. The van der Waals surface area contributed by atoms with Gasteiger partial charge in [0.1, 0.15) is 0 Å². The number of sulfonamides is 1. The smallest absolute Gasteiger partial charge is 0.174 e. The Kier molecular flexibility index (Phi) is 3.57. The minimum absolute atomic E-state index is 0.202. The first-order valence-corrected chi connectivity index (χ1v) is 7.37. The van der Waals surface area contributed by atoms with Gasteiger partial charge in [0, 0.05) is 26.0 Å². The van der Waals surface area contributed by atoms with Crippen molar-refractivity contribution in [2.45, 2.75) is 25.7 Å². The topological polar surface area (TPSA) is 52.1 Å². The minimum Gasteiger partial charge on any atom is -0.318 e. The van der Waals surface area contributed by atoms with Crippen LogP contribution in [0.2, 0.25) is 0 Å². The molecule has 0 amide bonds. The molecule has 2 rings (SSSR count). The number of aromatic nitrogens is 1. The first kappa shape index (κ1) is 13.5. The Labute approximate surface area is 113 Å². The predicted molar refractivity (Wildman–Crippen MR) is 73.2 cm³/mol. The normalized spacial score (nSPS) is 11.3. The van der Waals surface area contributed by atoms with Crippen molar-refractivity contribution >= 4 is 10.0 Å². The summed E-state index contributed by atoms with van der Waals surface area (Å²) < 4.78 is 25.9. The maximum Gasteiger partial charge on any atom is 0.174 e. The highest BCUT2D eigenvalue weighted by Gasteiger charge is 2.11. The van der Waals surface area contributed by atoms with Gasteiger partial charge in [-0.05, 0) is 25.1 Å². The van der Waals surface area contributed by atoms with Crippen molar-refractivity contribution in [3.05, 3.63) is 64.2 Å². The molecule has 0 fully saturated rings. The molecular weight excluding hydrogens is 260 g/mol. The molecule has 1 aromatic heterocycles. The molecule has 0 spiro atoms. The van der Waals surface area contributed by atoms with Crippen LogP contribution in [0.3, 0.4) is 0 Å². The molecule has 0 bridgehead atoms. The van der Waals surface area contributed by atoms with E-state index in [9.17, 15) is 8.42 Å². The highest BCUT2D eigenvalue weighted by molar-refractivity contribution is 7.93.